The van der Waals surface area contributed by atoms with Crippen molar-refractivity contribution in [2.45, 2.75) is 51.6 Å². The van der Waals surface area contributed by atoms with Gasteiger partial charge in [-0.3, -0.25) is 4.79 Å². The smallest absolute Gasteiger partial charge is 0.303 e. The van der Waals surface area contributed by atoms with Gasteiger partial charge in [0.2, 0.25) is 5.88 Å². The Kier molecular flexibility index (Phi) is 8.71. The van der Waals surface area contributed by atoms with Crippen LogP contribution in [0.3, 0.4) is 0 Å². The van der Waals surface area contributed by atoms with Gasteiger partial charge < -0.3 is 19.3 Å². The predicted molar refractivity (Wildman–Crippen MR) is 133 cm³/mol. The van der Waals surface area contributed by atoms with Crippen molar-refractivity contribution in [3.05, 3.63) is 65.7 Å². The Morgan fingerprint density at radius 2 is 1.89 bits per heavy atom. The van der Waals surface area contributed by atoms with Crippen LogP contribution < -0.4 is 14.2 Å². The van der Waals surface area contributed by atoms with Crippen LogP contribution in [0.4, 0.5) is 4.39 Å². The highest BCUT2D eigenvalue weighted by Gasteiger charge is 2.24. The van der Waals surface area contributed by atoms with Gasteiger partial charge >= 0.3 is 5.97 Å². The summed E-state index contributed by atoms with van der Waals surface area (Å²) in [7, 11) is 1.52. The van der Waals surface area contributed by atoms with E-state index in [1.54, 1.807) is 24.3 Å². The zero-order valence-electron chi connectivity index (χ0n) is 20.4. The lowest BCUT2D eigenvalue weighted by atomic mass is 10.1. The lowest BCUT2D eigenvalue weighted by Gasteiger charge is -2.13. The molecule has 8 heteroatoms. The number of aromatic nitrogens is 2. The molecule has 1 aromatic heterocycles. The molecule has 2 aliphatic rings. The summed E-state index contributed by atoms with van der Waals surface area (Å²) in [5, 5.41) is 8.87. The van der Waals surface area contributed by atoms with E-state index in [2.05, 4.69) is 9.97 Å². The van der Waals surface area contributed by atoms with Crippen molar-refractivity contribution in [3.63, 3.8) is 0 Å². The summed E-state index contributed by atoms with van der Waals surface area (Å²) in [6.45, 7) is 0.638. The van der Waals surface area contributed by atoms with E-state index in [4.69, 9.17) is 19.3 Å². The molecule has 190 valence electrons. The Balaban J connectivity index is 0.000000943. The van der Waals surface area contributed by atoms with Crippen LogP contribution in [0.5, 0.6) is 17.4 Å². The summed E-state index contributed by atoms with van der Waals surface area (Å²) >= 11 is 0. The number of methoxy groups -OCH3 is 1. The Labute approximate surface area is 210 Å². The molecule has 0 amide bonds. The molecule has 2 aliphatic carbocycles. The first-order valence-corrected chi connectivity index (χ1v) is 12.3. The minimum absolute atomic E-state index is 0.0545. The number of hydrogen-bond acceptors (Lipinski definition) is 6. The summed E-state index contributed by atoms with van der Waals surface area (Å²) in [5.74, 6) is 0.569. The first-order chi connectivity index (χ1) is 17.5. The van der Waals surface area contributed by atoms with E-state index < -0.39 is 11.8 Å². The van der Waals surface area contributed by atoms with Gasteiger partial charge in [0, 0.05) is 12.0 Å². The van der Waals surface area contributed by atoms with Gasteiger partial charge in [-0.15, -0.1) is 0 Å². The summed E-state index contributed by atoms with van der Waals surface area (Å²) in [6.07, 6.45) is 8.73. The van der Waals surface area contributed by atoms with Gasteiger partial charge in [0.25, 0.3) is 0 Å². The van der Waals surface area contributed by atoms with Crippen molar-refractivity contribution >= 4 is 5.97 Å². The molecule has 36 heavy (non-hydrogen) atoms. The molecule has 0 radical (unpaired) electrons. The van der Waals surface area contributed by atoms with E-state index in [1.165, 1.54) is 38.6 Å². The van der Waals surface area contributed by atoms with Crippen molar-refractivity contribution in [1.82, 2.24) is 9.97 Å². The van der Waals surface area contributed by atoms with Gasteiger partial charge in [0.1, 0.15) is 35.3 Å². The number of aliphatic carboxylic acids is 1. The van der Waals surface area contributed by atoms with Crippen LogP contribution in [0.2, 0.25) is 0 Å². The van der Waals surface area contributed by atoms with Crippen molar-refractivity contribution in [3.8, 4) is 28.6 Å². The molecule has 1 N–H and O–H groups in total. The molecular weight excluding hydrogens is 463 g/mol. The monoisotopic (exact) mass is 494 g/mol. The molecule has 0 bridgehead atoms. The number of hydrogen-bond donors (Lipinski definition) is 1. The van der Waals surface area contributed by atoms with Gasteiger partial charge in [0.15, 0.2) is 0 Å². The fourth-order valence-electron chi connectivity index (χ4n) is 3.25. The van der Waals surface area contributed by atoms with Gasteiger partial charge in [-0.25, -0.2) is 14.4 Å². The number of carbonyl (C=O) groups is 1. The number of carboxylic acid groups (broad SMARTS) is 1. The maximum Gasteiger partial charge on any atom is 0.303 e. The predicted octanol–water partition coefficient (Wildman–Crippen LogP) is 5.85. The molecule has 2 saturated carbocycles. The Hall–Kier alpha value is -3.68. The van der Waals surface area contributed by atoms with Crippen LogP contribution in [-0.4, -0.2) is 34.8 Å². The number of nitrogens with zero attached hydrogens (tertiary/aromatic N) is 2. The molecule has 0 spiro atoms. The van der Waals surface area contributed by atoms with E-state index in [-0.39, 0.29) is 24.5 Å². The molecular formula is C28H31FN2O5. The van der Waals surface area contributed by atoms with Crippen LogP contribution in [-0.2, 0) is 17.8 Å². The Bertz CT molecular complexity index is 1180. The van der Waals surface area contributed by atoms with Crippen LogP contribution >= 0.6 is 0 Å². The number of rotatable bonds is 11. The first-order valence-electron chi connectivity index (χ1n) is 12.3. The molecule has 5 rings (SSSR count). The molecule has 0 atom stereocenters. The second-order valence-electron chi connectivity index (χ2n) is 9.01. The maximum absolute atomic E-state index is 14.6. The zero-order valence-corrected chi connectivity index (χ0v) is 20.4. The highest BCUT2D eigenvalue weighted by Crippen LogP contribution is 2.34. The summed E-state index contributed by atoms with van der Waals surface area (Å²) in [6, 6.07) is 11.7. The zero-order chi connectivity index (χ0) is 25.3. The lowest BCUT2D eigenvalue weighted by Crippen LogP contribution is -2.07. The van der Waals surface area contributed by atoms with Crippen LogP contribution in [0.1, 0.15) is 49.8 Å². The number of aryl methyl sites for hydroxylation is 1. The molecule has 3 aromatic rings. The number of benzene rings is 2. The van der Waals surface area contributed by atoms with Gasteiger partial charge in [0.05, 0.1) is 19.9 Å². The molecule has 1 heterocycles. The maximum atomic E-state index is 14.6. The van der Waals surface area contributed by atoms with E-state index in [0.29, 0.717) is 41.8 Å². The topological polar surface area (TPSA) is 90.8 Å². The fraction of sp³-hybridized carbons (Fsp3) is 0.393. The number of carboxylic acids is 1. The minimum Gasteiger partial charge on any atom is -0.497 e. The largest absolute Gasteiger partial charge is 0.497 e. The third-order valence-corrected chi connectivity index (χ3v) is 5.64. The Morgan fingerprint density at radius 3 is 2.58 bits per heavy atom. The van der Waals surface area contributed by atoms with Crippen molar-refractivity contribution < 1.29 is 28.5 Å². The highest BCUT2D eigenvalue weighted by atomic mass is 19.1. The molecule has 0 aliphatic heterocycles. The minimum atomic E-state index is -0.845. The van der Waals surface area contributed by atoms with Crippen LogP contribution in [0.25, 0.3) is 11.3 Å². The summed E-state index contributed by atoms with van der Waals surface area (Å²) in [5.41, 5.74) is 1.97. The second-order valence-corrected chi connectivity index (χ2v) is 9.01. The van der Waals surface area contributed by atoms with E-state index in [0.717, 1.165) is 18.4 Å². The fourth-order valence-corrected chi connectivity index (χ4v) is 3.25. The quantitative estimate of drug-likeness (QED) is 0.358. The molecule has 0 saturated heterocycles. The lowest BCUT2D eigenvalue weighted by molar-refractivity contribution is -0.136. The first kappa shape index (κ1) is 25.4. The van der Waals surface area contributed by atoms with Gasteiger partial charge in [-0.1, -0.05) is 31.4 Å². The van der Waals surface area contributed by atoms with Gasteiger partial charge in [-0.2, -0.15) is 0 Å². The third kappa shape index (κ3) is 7.93. The van der Waals surface area contributed by atoms with E-state index in [1.807, 2.05) is 12.1 Å². The summed E-state index contributed by atoms with van der Waals surface area (Å²) < 4.78 is 31.5. The Morgan fingerprint density at radius 1 is 1.08 bits per heavy atom. The van der Waals surface area contributed by atoms with E-state index >= 15 is 0 Å². The van der Waals surface area contributed by atoms with Gasteiger partial charge in [-0.05, 0) is 61.1 Å². The molecule has 2 aromatic carbocycles. The van der Waals surface area contributed by atoms with Crippen LogP contribution in [0, 0.1) is 11.7 Å². The molecule has 7 nitrogen and oxygen atoms in total. The second kappa shape index (κ2) is 12.3. The molecule has 0 unspecified atom stereocenters. The molecule has 2 fully saturated rings. The normalized spacial score (nSPS) is 13.8. The third-order valence-electron chi connectivity index (χ3n) is 5.64. The van der Waals surface area contributed by atoms with Crippen molar-refractivity contribution in [2.24, 2.45) is 5.92 Å². The highest BCUT2D eigenvalue weighted by molar-refractivity contribution is 5.67. The standard InChI is InChI=1S/C25H25FN2O5.C3H6/c1-31-19-8-9-22(26)21(12-19)24-25(33-14-17-5-6-17)28-18(13-27-24)15-32-20-4-2-3-16(11-20)7-10-23(29)30;1-2-3-1/h2-4,8-9,11-13,17H,5-7,10,14-15H2,1H3,(H,29,30);1-3H2. The van der Waals surface area contributed by atoms with Crippen LogP contribution in [0.15, 0.2) is 48.7 Å². The number of halogens is 1. The SMILES string of the molecule is C1CC1.COc1ccc(F)c(-c2ncc(COc3cccc(CCC(=O)O)c3)nc2OCC2CC2)c1. The van der Waals surface area contributed by atoms with Crippen molar-refractivity contribution in [1.29, 1.82) is 0 Å². The average molecular weight is 495 g/mol. The average Bonchev–Trinajstić information content (AvgIpc) is 3.79. The van der Waals surface area contributed by atoms with Crippen molar-refractivity contribution in [2.75, 3.05) is 13.7 Å². The van der Waals surface area contributed by atoms with E-state index in [9.17, 15) is 9.18 Å². The number of ether oxygens (including phenoxy) is 3. The summed E-state index contributed by atoms with van der Waals surface area (Å²) in [4.78, 5) is 19.8.